The Morgan fingerprint density at radius 1 is 1.58 bits per heavy atom. The first-order chi connectivity index (χ1) is 5.65. The Balaban J connectivity index is 3.19. The van der Waals surface area contributed by atoms with Crippen LogP contribution >= 0.6 is 0 Å². The maximum absolute atomic E-state index is 13.0. The van der Waals surface area contributed by atoms with Crippen molar-refractivity contribution in [2.45, 2.75) is 13.0 Å². The van der Waals surface area contributed by atoms with Crippen molar-refractivity contribution in [3.8, 4) is 12.3 Å². The molecule has 12 heavy (non-hydrogen) atoms. The minimum atomic E-state index is -0.321. The lowest BCUT2D eigenvalue weighted by molar-refractivity contribution is 0.593. The molecule has 0 heterocycles. The van der Waals surface area contributed by atoms with Gasteiger partial charge < -0.3 is 5.73 Å². The molecule has 1 unspecified atom stereocenters. The number of rotatable bonds is 1. The maximum atomic E-state index is 13.0. The van der Waals surface area contributed by atoms with Crippen LogP contribution in [0.1, 0.15) is 24.1 Å². The van der Waals surface area contributed by atoms with Gasteiger partial charge in [0.1, 0.15) is 5.82 Å². The van der Waals surface area contributed by atoms with E-state index in [-0.39, 0.29) is 11.9 Å². The van der Waals surface area contributed by atoms with Crippen LogP contribution in [0.5, 0.6) is 0 Å². The second-order valence-electron chi connectivity index (χ2n) is 2.67. The van der Waals surface area contributed by atoms with Gasteiger partial charge in [-0.3, -0.25) is 0 Å². The summed E-state index contributed by atoms with van der Waals surface area (Å²) in [4.78, 5) is 0. The highest BCUT2D eigenvalue weighted by atomic mass is 19.1. The molecule has 0 fully saturated rings. The van der Waals surface area contributed by atoms with Crippen molar-refractivity contribution in [1.82, 2.24) is 0 Å². The molecule has 0 saturated carbocycles. The van der Waals surface area contributed by atoms with Gasteiger partial charge in [0.15, 0.2) is 0 Å². The van der Waals surface area contributed by atoms with Gasteiger partial charge in [0.05, 0.1) is 0 Å². The maximum Gasteiger partial charge on any atom is 0.128 e. The Labute approximate surface area is 71.4 Å². The second-order valence-corrected chi connectivity index (χ2v) is 2.67. The van der Waals surface area contributed by atoms with E-state index in [1.54, 1.807) is 19.1 Å². The first kappa shape index (κ1) is 8.76. The number of hydrogen-bond acceptors (Lipinski definition) is 1. The van der Waals surface area contributed by atoms with Gasteiger partial charge in [0.2, 0.25) is 0 Å². The molecule has 0 aromatic heterocycles. The Kier molecular flexibility index (Phi) is 2.47. The first-order valence-corrected chi connectivity index (χ1v) is 3.67. The van der Waals surface area contributed by atoms with E-state index in [1.807, 2.05) is 0 Å². The second kappa shape index (κ2) is 3.38. The van der Waals surface area contributed by atoms with Crippen molar-refractivity contribution in [3.05, 3.63) is 35.1 Å². The van der Waals surface area contributed by atoms with Crippen molar-refractivity contribution in [3.63, 3.8) is 0 Å². The van der Waals surface area contributed by atoms with Crippen LogP contribution in [0.2, 0.25) is 0 Å². The smallest absolute Gasteiger partial charge is 0.128 e. The zero-order chi connectivity index (χ0) is 9.14. The number of hydrogen-bond donors (Lipinski definition) is 1. The topological polar surface area (TPSA) is 26.0 Å². The predicted octanol–water partition coefficient (Wildman–Crippen LogP) is 1.83. The third kappa shape index (κ3) is 1.63. The van der Waals surface area contributed by atoms with Crippen LogP contribution in [0.25, 0.3) is 0 Å². The van der Waals surface area contributed by atoms with Crippen LogP contribution in [-0.2, 0) is 0 Å². The zero-order valence-electron chi connectivity index (χ0n) is 6.84. The molecule has 0 amide bonds. The molecular formula is C10H10FN. The van der Waals surface area contributed by atoms with Crippen LogP contribution in [0.3, 0.4) is 0 Å². The molecule has 1 atom stereocenters. The van der Waals surface area contributed by atoms with E-state index in [2.05, 4.69) is 5.92 Å². The molecule has 0 bridgehead atoms. The summed E-state index contributed by atoms with van der Waals surface area (Å²) >= 11 is 0. The summed E-state index contributed by atoms with van der Waals surface area (Å²) in [6, 6.07) is 4.17. The summed E-state index contributed by atoms with van der Waals surface area (Å²) in [5.74, 6) is 2.13. The molecule has 1 aromatic carbocycles. The molecule has 1 nitrogen and oxygen atoms in total. The molecule has 62 valence electrons. The van der Waals surface area contributed by atoms with E-state index >= 15 is 0 Å². The first-order valence-electron chi connectivity index (χ1n) is 3.67. The third-order valence-electron chi connectivity index (χ3n) is 1.65. The lowest BCUT2D eigenvalue weighted by atomic mass is 10.1. The molecule has 2 N–H and O–H groups in total. The SMILES string of the molecule is C#Cc1ccc(F)c(C(C)N)c1. The summed E-state index contributed by atoms with van der Waals surface area (Å²) in [7, 11) is 0. The lowest BCUT2D eigenvalue weighted by Crippen LogP contribution is -2.07. The molecule has 1 aromatic rings. The summed E-state index contributed by atoms with van der Waals surface area (Å²) in [5.41, 5.74) is 6.65. The third-order valence-corrected chi connectivity index (χ3v) is 1.65. The molecule has 0 spiro atoms. The number of benzene rings is 1. The van der Waals surface area contributed by atoms with Gasteiger partial charge in [-0.2, -0.15) is 0 Å². The Morgan fingerprint density at radius 3 is 2.75 bits per heavy atom. The predicted molar refractivity (Wildman–Crippen MR) is 46.9 cm³/mol. The van der Waals surface area contributed by atoms with E-state index < -0.39 is 0 Å². The van der Waals surface area contributed by atoms with Crippen molar-refractivity contribution in [2.75, 3.05) is 0 Å². The van der Waals surface area contributed by atoms with Crippen LogP contribution in [0, 0.1) is 18.2 Å². The lowest BCUT2D eigenvalue weighted by Gasteiger charge is -2.06. The van der Waals surface area contributed by atoms with Crippen LogP contribution in [-0.4, -0.2) is 0 Å². The average Bonchev–Trinajstić information content (AvgIpc) is 2.05. The van der Waals surface area contributed by atoms with Crippen LogP contribution in [0.4, 0.5) is 4.39 Å². The fourth-order valence-corrected chi connectivity index (χ4v) is 0.982. The van der Waals surface area contributed by atoms with Crippen molar-refractivity contribution in [1.29, 1.82) is 0 Å². The number of halogens is 1. The number of nitrogens with two attached hydrogens (primary N) is 1. The fourth-order valence-electron chi connectivity index (χ4n) is 0.982. The molecule has 2 heteroatoms. The summed E-state index contributed by atoms with van der Waals surface area (Å²) in [6.07, 6.45) is 5.16. The molecule has 0 saturated heterocycles. The monoisotopic (exact) mass is 163 g/mol. The average molecular weight is 163 g/mol. The van der Waals surface area contributed by atoms with E-state index in [1.165, 1.54) is 6.07 Å². The Morgan fingerprint density at radius 2 is 2.25 bits per heavy atom. The van der Waals surface area contributed by atoms with E-state index in [4.69, 9.17) is 12.2 Å². The summed E-state index contributed by atoms with van der Waals surface area (Å²) in [5, 5.41) is 0. The van der Waals surface area contributed by atoms with Crippen molar-refractivity contribution >= 4 is 0 Å². The van der Waals surface area contributed by atoms with Gasteiger partial charge in [-0.1, -0.05) is 5.92 Å². The standard InChI is InChI=1S/C10H10FN/c1-3-8-4-5-10(11)9(6-8)7(2)12/h1,4-7H,12H2,2H3. The van der Waals surface area contributed by atoms with Crippen LogP contribution < -0.4 is 5.73 Å². The van der Waals surface area contributed by atoms with Gasteiger partial charge in [-0.15, -0.1) is 6.42 Å². The highest BCUT2D eigenvalue weighted by Crippen LogP contribution is 2.15. The van der Waals surface area contributed by atoms with E-state index in [0.717, 1.165) is 0 Å². The minimum absolute atomic E-state index is 0.302. The molecule has 0 radical (unpaired) electrons. The van der Waals surface area contributed by atoms with Crippen LogP contribution in [0.15, 0.2) is 18.2 Å². The normalized spacial score (nSPS) is 12.2. The highest BCUT2D eigenvalue weighted by Gasteiger charge is 2.06. The van der Waals surface area contributed by atoms with Gasteiger partial charge in [0, 0.05) is 17.2 Å². The van der Waals surface area contributed by atoms with Gasteiger partial charge >= 0.3 is 0 Å². The van der Waals surface area contributed by atoms with Crippen molar-refractivity contribution < 1.29 is 4.39 Å². The Bertz CT molecular complexity index is 323. The largest absolute Gasteiger partial charge is 0.324 e. The molecule has 0 aliphatic heterocycles. The molecule has 1 rings (SSSR count). The number of terminal acetylenes is 1. The van der Waals surface area contributed by atoms with E-state index in [0.29, 0.717) is 11.1 Å². The molecule has 0 aliphatic carbocycles. The highest BCUT2D eigenvalue weighted by molar-refractivity contribution is 5.37. The molecular weight excluding hydrogens is 153 g/mol. The molecule has 0 aliphatic rings. The van der Waals surface area contributed by atoms with Crippen molar-refractivity contribution in [2.24, 2.45) is 5.73 Å². The zero-order valence-corrected chi connectivity index (χ0v) is 6.84. The van der Waals surface area contributed by atoms with Gasteiger partial charge in [-0.05, 0) is 25.1 Å². The van der Waals surface area contributed by atoms with Gasteiger partial charge in [0.25, 0.3) is 0 Å². The van der Waals surface area contributed by atoms with Gasteiger partial charge in [-0.25, -0.2) is 4.39 Å². The Hall–Kier alpha value is -1.33. The summed E-state index contributed by atoms with van der Waals surface area (Å²) < 4.78 is 13.0. The minimum Gasteiger partial charge on any atom is -0.324 e. The quantitative estimate of drug-likeness (QED) is 0.628. The van der Waals surface area contributed by atoms with E-state index in [9.17, 15) is 4.39 Å². The fraction of sp³-hybridized carbons (Fsp3) is 0.200. The summed E-state index contributed by atoms with van der Waals surface area (Å²) in [6.45, 7) is 1.72.